The highest BCUT2D eigenvalue weighted by atomic mass is 19.1. The van der Waals surface area contributed by atoms with Crippen LogP contribution in [-0.4, -0.2) is 10.5 Å². The Balaban J connectivity index is 2.16. The molecule has 1 N–H and O–H groups in total. The van der Waals surface area contributed by atoms with Crippen LogP contribution in [0.4, 0.5) is 14.6 Å². The predicted molar refractivity (Wildman–Crippen MR) is 54.6 cm³/mol. The quantitative estimate of drug-likeness (QED) is 0.833. The lowest BCUT2D eigenvalue weighted by molar-refractivity contribution is 0.484. The number of nitrogens with zero attached hydrogens (tertiary/aromatic N) is 1. The Bertz CT molecular complexity index is 373. The molecule has 0 aliphatic heterocycles. The summed E-state index contributed by atoms with van der Waals surface area (Å²) < 4.78 is 25.9. The average molecular weight is 212 g/mol. The molecular weight excluding hydrogens is 198 g/mol. The van der Waals surface area contributed by atoms with Crippen molar-refractivity contribution in [1.82, 2.24) is 4.98 Å². The second kappa shape index (κ2) is 3.43. The van der Waals surface area contributed by atoms with Crippen LogP contribution in [0, 0.1) is 17.6 Å². The van der Waals surface area contributed by atoms with Crippen LogP contribution in [0.2, 0.25) is 0 Å². The number of rotatable bonds is 3. The summed E-state index contributed by atoms with van der Waals surface area (Å²) >= 11 is 0. The van der Waals surface area contributed by atoms with Gasteiger partial charge in [0.05, 0.1) is 6.20 Å². The molecule has 1 aliphatic rings. The highest BCUT2D eigenvalue weighted by molar-refractivity contribution is 5.39. The lowest BCUT2D eigenvalue weighted by Crippen LogP contribution is -2.34. The summed E-state index contributed by atoms with van der Waals surface area (Å²) in [7, 11) is 0. The molecule has 82 valence electrons. The van der Waals surface area contributed by atoms with Crippen LogP contribution in [0.5, 0.6) is 0 Å². The van der Waals surface area contributed by atoms with Gasteiger partial charge in [-0.2, -0.15) is 0 Å². The van der Waals surface area contributed by atoms with Crippen LogP contribution in [0.1, 0.15) is 26.7 Å². The van der Waals surface area contributed by atoms with Crippen LogP contribution in [0.15, 0.2) is 12.3 Å². The third-order valence-corrected chi connectivity index (χ3v) is 2.85. The summed E-state index contributed by atoms with van der Waals surface area (Å²) in [5.41, 5.74) is -0.175. The largest absolute Gasteiger partial charge is 0.362 e. The second-order valence-electron chi connectivity index (χ2n) is 4.60. The standard InChI is InChI=1S/C11H14F2N2/c1-11(2,7-3-4-7)15-10-9(13)5-8(12)6-14-10/h5-7H,3-4H2,1-2H3,(H,14,15). The summed E-state index contributed by atoms with van der Waals surface area (Å²) in [5, 5.41) is 3.02. The maximum absolute atomic E-state index is 13.3. The van der Waals surface area contributed by atoms with Crippen LogP contribution >= 0.6 is 0 Å². The molecular formula is C11H14F2N2. The van der Waals surface area contributed by atoms with Gasteiger partial charge in [-0.1, -0.05) is 0 Å². The minimum absolute atomic E-state index is 0.133. The van der Waals surface area contributed by atoms with Crippen LogP contribution in [0.3, 0.4) is 0 Å². The Morgan fingerprint density at radius 1 is 1.40 bits per heavy atom. The first-order valence-corrected chi connectivity index (χ1v) is 5.08. The molecule has 0 saturated heterocycles. The summed E-state index contributed by atoms with van der Waals surface area (Å²) in [4.78, 5) is 3.71. The molecule has 2 rings (SSSR count). The first-order chi connectivity index (χ1) is 6.99. The molecule has 1 heterocycles. The van der Waals surface area contributed by atoms with Crippen LogP contribution in [0.25, 0.3) is 0 Å². The zero-order valence-corrected chi connectivity index (χ0v) is 8.85. The Hall–Kier alpha value is -1.19. The predicted octanol–water partition coefficient (Wildman–Crippen LogP) is 2.96. The smallest absolute Gasteiger partial charge is 0.168 e. The van der Waals surface area contributed by atoms with E-state index < -0.39 is 11.6 Å². The zero-order chi connectivity index (χ0) is 11.1. The average Bonchev–Trinajstić information content (AvgIpc) is 2.92. The molecule has 1 aliphatic carbocycles. The normalized spacial score (nSPS) is 16.5. The van der Waals surface area contributed by atoms with Crippen molar-refractivity contribution in [1.29, 1.82) is 0 Å². The Morgan fingerprint density at radius 3 is 2.60 bits per heavy atom. The minimum Gasteiger partial charge on any atom is -0.362 e. The molecule has 0 bridgehead atoms. The lowest BCUT2D eigenvalue weighted by atomic mass is 9.99. The van der Waals surface area contributed by atoms with E-state index in [2.05, 4.69) is 10.3 Å². The van der Waals surface area contributed by atoms with E-state index in [1.54, 1.807) is 0 Å². The summed E-state index contributed by atoms with van der Waals surface area (Å²) in [5.74, 6) is -0.594. The van der Waals surface area contributed by atoms with Gasteiger partial charge in [-0.15, -0.1) is 0 Å². The van der Waals surface area contributed by atoms with Gasteiger partial charge in [-0.05, 0) is 32.6 Å². The topological polar surface area (TPSA) is 24.9 Å². The molecule has 4 heteroatoms. The number of halogens is 2. The van der Waals surface area contributed by atoms with Crippen molar-refractivity contribution < 1.29 is 8.78 Å². The number of anilines is 1. The molecule has 0 spiro atoms. The van der Waals surface area contributed by atoms with Crippen molar-refractivity contribution in [2.24, 2.45) is 5.92 Å². The van der Waals surface area contributed by atoms with Gasteiger partial charge >= 0.3 is 0 Å². The van der Waals surface area contributed by atoms with Crippen molar-refractivity contribution >= 4 is 5.82 Å². The molecule has 1 aromatic heterocycles. The molecule has 0 unspecified atom stereocenters. The highest BCUT2D eigenvalue weighted by Gasteiger charge is 2.38. The summed E-state index contributed by atoms with van der Waals surface area (Å²) in [6.45, 7) is 4.02. The van der Waals surface area contributed by atoms with Crippen molar-refractivity contribution in [2.75, 3.05) is 5.32 Å². The Morgan fingerprint density at radius 2 is 2.07 bits per heavy atom. The first-order valence-electron chi connectivity index (χ1n) is 5.08. The van der Waals surface area contributed by atoms with Gasteiger partial charge in [0.25, 0.3) is 0 Å². The Labute approximate surface area is 87.7 Å². The number of hydrogen-bond acceptors (Lipinski definition) is 2. The second-order valence-corrected chi connectivity index (χ2v) is 4.60. The van der Waals surface area contributed by atoms with E-state index in [1.165, 1.54) is 0 Å². The highest BCUT2D eigenvalue weighted by Crippen LogP contribution is 2.41. The van der Waals surface area contributed by atoms with Crippen LogP contribution < -0.4 is 5.32 Å². The molecule has 1 saturated carbocycles. The number of hydrogen-bond donors (Lipinski definition) is 1. The van der Waals surface area contributed by atoms with Gasteiger partial charge in [0.1, 0.15) is 5.82 Å². The van der Waals surface area contributed by atoms with Gasteiger partial charge in [-0.3, -0.25) is 0 Å². The van der Waals surface area contributed by atoms with Gasteiger partial charge in [0.15, 0.2) is 11.6 Å². The SMILES string of the molecule is CC(C)(Nc1ncc(F)cc1F)C1CC1. The van der Waals surface area contributed by atoms with E-state index in [-0.39, 0.29) is 11.4 Å². The molecule has 2 nitrogen and oxygen atoms in total. The zero-order valence-electron chi connectivity index (χ0n) is 8.85. The number of aromatic nitrogens is 1. The van der Waals surface area contributed by atoms with Gasteiger partial charge < -0.3 is 5.32 Å². The van der Waals surface area contributed by atoms with Crippen molar-refractivity contribution in [3.63, 3.8) is 0 Å². The molecule has 1 fully saturated rings. The van der Waals surface area contributed by atoms with Gasteiger partial charge in [0.2, 0.25) is 0 Å². The number of pyridine rings is 1. The third-order valence-electron chi connectivity index (χ3n) is 2.85. The fourth-order valence-corrected chi connectivity index (χ4v) is 1.72. The molecule has 15 heavy (non-hydrogen) atoms. The lowest BCUT2D eigenvalue weighted by Gasteiger charge is -2.26. The van der Waals surface area contributed by atoms with E-state index in [4.69, 9.17) is 0 Å². The summed E-state index contributed by atoms with van der Waals surface area (Å²) in [6, 6.07) is 0.846. The van der Waals surface area contributed by atoms with Crippen molar-refractivity contribution in [3.8, 4) is 0 Å². The van der Waals surface area contributed by atoms with Gasteiger partial charge in [-0.25, -0.2) is 13.8 Å². The Kier molecular flexibility index (Phi) is 2.37. The van der Waals surface area contributed by atoms with Crippen molar-refractivity contribution in [2.45, 2.75) is 32.2 Å². The molecule has 0 radical (unpaired) electrons. The van der Waals surface area contributed by atoms with E-state index in [0.29, 0.717) is 5.92 Å². The molecule has 0 amide bonds. The van der Waals surface area contributed by atoms with Crippen LogP contribution in [-0.2, 0) is 0 Å². The number of nitrogens with one attached hydrogen (secondary N) is 1. The monoisotopic (exact) mass is 212 g/mol. The van der Waals surface area contributed by atoms with Crippen molar-refractivity contribution in [3.05, 3.63) is 23.9 Å². The molecule has 1 aromatic rings. The summed E-state index contributed by atoms with van der Waals surface area (Å²) in [6.07, 6.45) is 3.33. The molecule has 0 aromatic carbocycles. The van der Waals surface area contributed by atoms with E-state index in [0.717, 1.165) is 25.1 Å². The maximum Gasteiger partial charge on any atom is 0.168 e. The fraction of sp³-hybridized carbons (Fsp3) is 0.545. The molecule has 0 atom stereocenters. The van der Waals surface area contributed by atoms with E-state index in [9.17, 15) is 8.78 Å². The maximum atomic E-state index is 13.3. The minimum atomic E-state index is -0.651. The van der Waals surface area contributed by atoms with Gasteiger partial charge in [0, 0.05) is 11.6 Å². The van der Waals surface area contributed by atoms with E-state index in [1.807, 2.05) is 13.8 Å². The third kappa shape index (κ3) is 2.25. The van der Waals surface area contributed by atoms with E-state index >= 15 is 0 Å². The fourth-order valence-electron chi connectivity index (χ4n) is 1.72. The first kappa shape index (κ1) is 10.3.